The Morgan fingerprint density at radius 2 is 1.63 bits per heavy atom. The zero-order chi connectivity index (χ0) is 21.9. The van der Waals surface area contributed by atoms with Crippen LogP contribution < -0.4 is 19.5 Å². The van der Waals surface area contributed by atoms with Gasteiger partial charge in [-0.3, -0.25) is 9.59 Å². The molecule has 2 aromatic carbocycles. The van der Waals surface area contributed by atoms with Gasteiger partial charge in [0.1, 0.15) is 17.2 Å². The standard InChI is InChI=1S/C21H23F2NO6/c1-3-27-15-8-10-16(11-9-15)28-13-12-19(25)29-14(2)20(26)24-17-6-4-5-7-18(17)30-21(22)23/h4-11,14,21H,3,12-13H2,1-2H3,(H,24,26). The monoisotopic (exact) mass is 423 g/mol. The fourth-order valence-electron chi connectivity index (χ4n) is 2.36. The Labute approximate surface area is 172 Å². The predicted octanol–water partition coefficient (Wildman–Crippen LogP) is 4.03. The second-order valence-electron chi connectivity index (χ2n) is 6.00. The lowest BCUT2D eigenvalue weighted by Crippen LogP contribution is -2.30. The summed E-state index contributed by atoms with van der Waals surface area (Å²) >= 11 is 0. The molecular weight excluding hydrogens is 400 g/mol. The van der Waals surface area contributed by atoms with E-state index in [2.05, 4.69) is 10.1 Å². The lowest BCUT2D eigenvalue weighted by molar-refractivity contribution is -0.153. The van der Waals surface area contributed by atoms with Gasteiger partial charge in [-0.1, -0.05) is 12.1 Å². The van der Waals surface area contributed by atoms with Crippen LogP contribution in [0.5, 0.6) is 17.2 Å². The molecule has 0 aliphatic carbocycles. The largest absolute Gasteiger partial charge is 0.494 e. The molecule has 0 saturated heterocycles. The van der Waals surface area contributed by atoms with Crippen LogP contribution in [0.15, 0.2) is 48.5 Å². The van der Waals surface area contributed by atoms with Gasteiger partial charge >= 0.3 is 12.6 Å². The van der Waals surface area contributed by atoms with Gasteiger partial charge in [-0.15, -0.1) is 0 Å². The van der Waals surface area contributed by atoms with Crippen LogP contribution in [-0.4, -0.2) is 37.8 Å². The number of ether oxygens (including phenoxy) is 4. The summed E-state index contributed by atoms with van der Waals surface area (Å²) in [6.45, 7) is 0.841. The molecule has 0 bridgehead atoms. The zero-order valence-corrected chi connectivity index (χ0v) is 16.6. The highest BCUT2D eigenvalue weighted by atomic mass is 19.3. The van der Waals surface area contributed by atoms with E-state index in [1.54, 1.807) is 30.3 Å². The van der Waals surface area contributed by atoms with Gasteiger partial charge in [0.2, 0.25) is 0 Å². The van der Waals surface area contributed by atoms with Crippen molar-refractivity contribution in [2.75, 3.05) is 18.5 Å². The first-order chi connectivity index (χ1) is 14.4. The highest BCUT2D eigenvalue weighted by Crippen LogP contribution is 2.25. The Morgan fingerprint density at radius 1 is 1.00 bits per heavy atom. The van der Waals surface area contributed by atoms with Gasteiger partial charge in [0.25, 0.3) is 5.91 Å². The van der Waals surface area contributed by atoms with Crippen LogP contribution in [0.3, 0.4) is 0 Å². The number of halogens is 2. The maximum absolute atomic E-state index is 12.4. The minimum absolute atomic E-state index is 0.0459. The van der Waals surface area contributed by atoms with Crippen molar-refractivity contribution in [1.29, 1.82) is 0 Å². The molecule has 162 valence electrons. The minimum Gasteiger partial charge on any atom is -0.494 e. The van der Waals surface area contributed by atoms with Crippen molar-refractivity contribution in [3.63, 3.8) is 0 Å². The average molecular weight is 423 g/mol. The van der Waals surface area contributed by atoms with Crippen LogP contribution in [0, 0.1) is 0 Å². The topological polar surface area (TPSA) is 83.1 Å². The van der Waals surface area contributed by atoms with E-state index < -0.39 is 24.6 Å². The van der Waals surface area contributed by atoms with Crippen molar-refractivity contribution in [1.82, 2.24) is 0 Å². The van der Waals surface area contributed by atoms with Crippen LogP contribution >= 0.6 is 0 Å². The molecule has 0 aromatic heterocycles. The van der Waals surface area contributed by atoms with Crippen LogP contribution in [0.1, 0.15) is 20.3 Å². The molecule has 1 N–H and O–H groups in total. The molecule has 2 rings (SSSR count). The Bertz CT molecular complexity index is 829. The summed E-state index contributed by atoms with van der Waals surface area (Å²) in [5.74, 6) is -0.234. The molecule has 0 saturated carbocycles. The second kappa shape index (κ2) is 11.6. The summed E-state index contributed by atoms with van der Waals surface area (Å²) in [6.07, 6.45) is -1.21. The molecule has 7 nitrogen and oxygen atoms in total. The van der Waals surface area contributed by atoms with Gasteiger partial charge in [-0.25, -0.2) is 0 Å². The van der Waals surface area contributed by atoms with E-state index in [1.807, 2.05) is 6.92 Å². The number of hydrogen-bond acceptors (Lipinski definition) is 6. The number of amides is 1. The van der Waals surface area contributed by atoms with Crippen molar-refractivity contribution in [3.05, 3.63) is 48.5 Å². The summed E-state index contributed by atoms with van der Waals surface area (Å²) in [7, 11) is 0. The Balaban J connectivity index is 1.77. The van der Waals surface area contributed by atoms with Crippen LogP contribution in [0.25, 0.3) is 0 Å². The first kappa shape index (κ1) is 22.9. The van der Waals surface area contributed by atoms with Crippen LogP contribution in [-0.2, 0) is 14.3 Å². The van der Waals surface area contributed by atoms with Gasteiger partial charge in [0.05, 0.1) is 25.3 Å². The van der Waals surface area contributed by atoms with Gasteiger partial charge in [-0.2, -0.15) is 8.78 Å². The fourth-order valence-corrected chi connectivity index (χ4v) is 2.36. The molecule has 0 heterocycles. The van der Waals surface area contributed by atoms with Crippen molar-refractivity contribution in [3.8, 4) is 17.2 Å². The van der Waals surface area contributed by atoms with E-state index >= 15 is 0 Å². The van der Waals surface area contributed by atoms with E-state index in [-0.39, 0.29) is 24.5 Å². The molecule has 9 heteroatoms. The normalized spacial score (nSPS) is 11.5. The third kappa shape index (κ3) is 7.57. The molecule has 2 aromatic rings. The minimum atomic E-state index is -3.03. The number of carbonyl (C=O) groups is 2. The molecule has 30 heavy (non-hydrogen) atoms. The van der Waals surface area contributed by atoms with Gasteiger partial charge < -0.3 is 24.3 Å². The summed E-state index contributed by atoms with van der Waals surface area (Å²) < 4.78 is 45.1. The molecule has 0 aliphatic heterocycles. The number of nitrogens with one attached hydrogen (secondary N) is 1. The third-order valence-corrected chi connectivity index (χ3v) is 3.75. The molecule has 1 amide bonds. The SMILES string of the molecule is CCOc1ccc(OCCC(=O)OC(C)C(=O)Nc2ccccc2OC(F)F)cc1. The fraction of sp³-hybridized carbons (Fsp3) is 0.333. The molecule has 0 aliphatic rings. The van der Waals surface area contributed by atoms with Gasteiger partial charge in [-0.05, 0) is 50.2 Å². The van der Waals surface area contributed by atoms with Gasteiger partial charge in [0.15, 0.2) is 6.10 Å². The number of anilines is 1. The Morgan fingerprint density at radius 3 is 2.27 bits per heavy atom. The highest BCUT2D eigenvalue weighted by molar-refractivity contribution is 5.96. The third-order valence-electron chi connectivity index (χ3n) is 3.75. The van der Waals surface area contributed by atoms with E-state index in [1.165, 1.54) is 25.1 Å². The second-order valence-corrected chi connectivity index (χ2v) is 6.00. The number of alkyl halides is 2. The van der Waals surface area contributed by atoms with Crippen molar-refractivity contribution >= 4 is 17.6 Å². The summed E-state index contributed by atoms with van der Waals surface area (Å²) in [4.78, 5) is 24.1. The average Bonchev–Trinajstić information content (AvgIpc) is 2.70. The molecule has 0 fully saturated rings. The lowest BCUT2D eigenvalue weighted by Gasteiger charge is -2.16. The van der Waals surface area contributed by atoms with E-state index in [9.17, 15) is 18.4 Å². The Hall–Kier alpha value is -3.36. The van der Waals surface area contributed by atoms with Crippen LogP contribution in [0.4, 0.5) is 14.5 Å². The maximum Gasteiger partial charge on any atom is 0.387 e. The van der Waals surface area contributed by atoms with E-state index in [4.69, 9.17) is 14.2 Å². The summed E-state index contributed by atoms with van der Waals surface area (Å²) in [5, 5.41) is 2.40. The number of carbonyl (C=O) groups excluding carboxylic acids is 2. The molecule has 1 atom stereocenters. The molecule has 0 radical (unpaired) electrons. The number of rotatable bonds is 11. The van der Waals surface area contributed by atoms with E-state index in [0.717, 1.165) is 0 Å². The van der Waals surface area contributed by atoms with E-state index in [0.29, 0.717) is 18.1 Å². The van der Waals surface area contributed by atoms with Crippen molar-refractivity contribution < 1.29 is 37.3 Å². The molecule has 0 spiro atoms. The number of benzene rings is 2. The number of hydrogen-bond donors (Lipinski definition) is 1. The summed E-state index contributed by atoms with van der Waals surface area (Å²) in [6, 6.07) is 12.6. The maximum atomic E-state index is 12.4. The number of para-hydroxylation sites is 2. The molecule has 1 unspecified atom stereocenters. The van der Waals surface area contributed by atoms with Crippen LogP contribution in [0.2, 0.25) is 0 Å². The number of esters is 1. The Kier molecular flexibility index (Phi) is 8.86. The van der Waals surface area contributed by atoms with Crippen molar-refractivity contribution in [2.24, 2.45) is 0 Å². The smallest absolute Gasteiger partial charge is 0.387 e. The first-order valence-electron chi connectivity index (χ1n) is 9.29. The highest BCUT2D eigenvalue weighted by Gasteiger charge is 2.20. The summed E-state index contributed by atoms with van der Waals surface area (Å²) in [5.41, 5.74) is 0.0459. The van der Waals surface area contributed by atoms with Crippen molar-refractivity contribution in [2.45, 2.75) is 33.0 Å². The quantitative estimate of drug-likeness (QED) is 0.550. The molecular formula is C21H23F2NO6. The zero-order valence-electron chi connectivity index (χ0n) is 16.6. The lowest BCUT2D eigenvalue weighted by atomic mass is 10.2. The van der Waals surface area contributed by atoms with Gasteiger partial charge in [0, 0.05) is 0 Å². The predicted molar refractivity (Wildman–Crippen MR) is 105 cm³/mol. The first-order valence-corrected chi connectivity index (χ1v) is 9.29.